The number of halogens is 1. The number of carbonyl (C=O) groups is 1. The first-order valence-electron chi connectivity index (χ1n) is 9.53. The molecule has 2 N–H and O–H groups in total. The Morgan fingerprint density at radius 3 is 2.63 bits per heavy atom. The summed E-state index contributed by atoms with van der Waals surface area (Å²) >= 11 is 0. The van der Waals surface area contributed by atoms with Crippen molar-refractivity contribution in [2.45, 2.75) is 13.0 Å². The number of amides is 1. The van der Waals surface area contributed by atoms with E-state index in [0.717, 1.165) is 45.7 Å². The molecule has 1 saturated heterocycles. The summed E-state index contributed by atoms with van der Waals surface area (Å²) in [6, 6.07) is 12.8. The Hall–Kier alpha value is -2.44. The standard InChI is InChI=1S/C21H25FN4O/c22-18-6-1-2-7-19(18)24-20(27)15-26-12-10-25(11-13-26)14-17-5-3-4-16-8-9-23-21(16)17/h1-7,23H,8-15H2,(H,24,27). The Kier molecular flexibility index (Phi) is 5.36. The number of nitrogens with one attached hydrogen (secondary N) is 2. The fourth-order valence-corrected chi connectivity index (χ4v) is 3.84. The highest BCUT2D eigenvalue weighted by molar-refractivity contribution is 5.92. The second-order valence-corrected chi connectivity index (χ2v) is 7.21. The molecule has 2 aliphatic rings. The minimum atomic E-state index is -0.403. The predicted molar refractivity (Wildman–Crippen MR) is 105 cm³/mol. The van der Waals surface area contributed by atoms with Crippen molar-refractivity contribution in [3.8, 4) is 0 Å². The van der Waals surface area contributed by atoms with E-state index in [4.69, 9.17) is 0 Å². The van der Waals surface area contributed by atoms with Gasteiger partial charge in [-0.2, -0.15) is 0 Å². The summed E-state index contributed by atoms with van der Waals surface area (Å²) in [6.07, 6.45) is 1.11. The van der Waals surface area contributed by atoms with Gasteiger partial charge in [0.15, 0.2) is 0 Å². The predicted octanol–water partition coefficient (Wildman–Crippen LogP) is 2.55. The van der Waals surface area contributed by atoms with Crippen LogP contribution < -0.4 is 10.6 Å². The van der Waals surface area contributed by atoms with Crippen molar-refractivity contribution >= 4 is 17.3 Å². The van der Waals surface area contributed by atoms with E-state index in [9.17, 15) is 9.18 Å². The van der Waals surface area contributed by atoms with E-state index in [2.05, 4.69) is 38.6 Å². The molecular weight excluding hydrogens is 343 g/mol. The summed E-state index contributed by atoms with van der Waals surface area (Å²) in [5, 5.41) is 6.16. The van der Waals surface area contributed by atoms with Gasteiger partial charge in [0.05, 0.1) is 12.2 Å². The van der Waals surface area contributed by atoms with Crippen molar-refractivity contribution in [1.82, 2.24) is 9.80 Å². The van der Waals surface area contributed by atoms with Gasteiger partial charge in [-0.05, 0) is 29.7 Å². The van der Waals surface area contributed by atoms with E-state index >= 15 is 0 Å². The van der Waals surface area contributed by atoms with E-state index in [1.54, 1.807) is 18.2 Å². The van der Waals surface area contributed by atoms with Crippen molar-refractivity contribution in [2.24, 2.45) is 0 Å². The SMILES string of the molecule is O=C(CN1CCN(Cc2cccc3c2NCC3)CC1)Nc1ccccc1F. The molecular formula is C21H25FN4O. The van der Waals surface area contributed by atoms with E-state index in [1.807, 2.05) is 0 Å². The third-order valence-corrected chi connectivity index (χ3v) is 5.31. The molecule has 27 heavy (non-hydrogen) atoms. The lowest BCUT2D eigenvalue weighted by molar-refractivity contribution is -0.117. The Labute approximate surface area is 159 Å². The first kappa shape index (κ1) is 17.9. The van der Waals surface area contributed by atoms with Gasteiger partial charge in [0, 0.05) is 45.0 Å². The first-order valence-corrected chi connectivity index (χ1v) is 9.53. The molecule has 0 atom stereocenters. The number of fused-ring (bicyclic) bond motifs is 1. The molecule has 2 aromatic carbocycles. The number of rotatable bonds is 5. The number of carbonyl (C=O) groups excluding carboxylic acids is 1. The van der Waals surface area contributed by atoms with Crippen LogP contribution in [0.4, 0.5) is 15.8 Å². The number of hydrogen-bond donors (Lipinski definition) is 2. The van der Waals surface area contributed by atoms with Gasteiger partial charge in [0.2, 0.25) is 5.91 Å². The quantitative estimate of drug-likeness (QED) is 0.852. The maximum absolute atomic E-state index is 13.6. The molecule has 4 rings (SSSR count). The van der Waals surface area contributed by atoms with Crippen molar-refractivity contribution in [3.05, 3.63) is 59.4 Å². The second-order valence-electron chi connectivity index (χ2n) is 7.21. The van der Waals surface area contributed by atoms with Crippen LogP contribution in [0.15, 0.2) is 42.5 Å². The Balaban J connectivity index is 1.26. The molecule has 0 aromatic heterocycles. The van der Waals surface area contributed by atoms with Crippen LogP contribution in [-0.4, -0.2) is 55.0 Å². The molecule has 2 aromatic rings. The Bertz CT molecular complexity index is 818. The maximum Gasteiger partial charge on any atom is 0.238 e. The number of para-hydroxylation sites is 2. The molecule has 0 saturated carbocycles. The third-order valence-electron chi connectivity index (χ3n) is 5.31. The normalized spacial score (nSPS) is 17.4. The van der Waals surface area contributed by atoms with Gasteiger partial charge in [-0.15, -0.1) is 0 Å². The largest absolute Gasteiger partial charge is 0.384 e. The van der Waals surface area contributed by atoms with Gasteiger partial charge in [-0.25, -0.2) is 4.39 Å². The lowest BCUT2D eigenvalue weighted by Crippen LogP contribution is -2.48. The Morgan fingerprint density at radius 2 is 1.81 bits per heavy atom. The molecule has 6 heteroatoms. The molecule has 5 nitrogen and oxygen atoms in total. The van der Waals surface area contributed by atoms with E-state index in [1.165, 1.54) is 22.9 Å². The van der Waals surface area contributed by atoms with Crippen LogP contribution in [0.25, 0.3) is 0 Å². The summed E-state index contributed by atoms with van der Waals surface area (Å²) in [6.45, 7) is 5.79. The van der Waals surface area contributed by atoms with Crippen molar-refractivity contribution in [2.75, 3.05) is 49.9 Å². The molecule has 0 radical (unpaired) electrons. The van der Waals surface area contributed by atoms with Gasteiger partial charge < -0.3 is 10.6 Å². The number of hydrogen-bond acceptors (Lipinski definition) is 4. The molecule has 0 bridgehead atoms. The summed E-state index contributed by atoms with van der Waals surface area (Å²) in [5.41, 5.74) is 4.32. The molecule has 1 fully saturated rings. The average Bonchev–Trinajstić information content (AvgIpc) is 3.15. The van der Waals surface area contributed by atoms with Gasteiger partial charge in [0.1, 0.15) is 5.82 Å². The van der Waals surface area contributed by atoms with Crippen LogP contribution >= 0.6 is 0 Å². The van der Waals surface area contributed by atoms with Crippen molar-refractivity contribution in [1.29, 1.82) is 0 Å². The highest BCUT2D eigenvalue weighted by Gasteiger charge is 2.21. The van der Waals surface area contributed by atoms with Crippen molar-refractivity contribution < 1.29 is 9.18 Å². The van der Waals surface area contributed by atoms with Gasteiger partial charge in [-0.1, -0.05) is 30.3 Å². The summed E-state index contributed by atoms with van der Waals surface area (Å²) in [5.74, 6) is -0.571. The summed E-state index contributed by atoms with van der Waals surface area (Å²) in [7, 11) is 0. The number of benzene rings is 2. The minimum absolute atomic E-state index is 0.168. The van der Waals surface area contributed by atoms with Crippen LogP contribution in [0.1, 0.15) is 11.1 Å². The molecule has 142 valence electrons. The third kappa shape index (κ3) is 4.28. The molecule has 2 aliphatic heterocycles. The fourth-order valence-electron chi connectivity index (χ4n) is 3.84. The van der Waals surface area contributed by atoms with Crippen molar-refractivity contribution in [3.63, 3.8) is 0 Å². The van der Waals surface area contributed by atoms with E-state index in [0.29, 0.717) is 6.54 Å². The zero-order chi connectivity index (χ0) is 18.6. The van der Waals surface area contributed by atoms with Crippen LogP contribution in [0.3, 0.4) is 0 Å². The average molecular weight is 368 g/mol. The molecule has 0 spiro atoms. The molecule has 0 unspecified atom stereocenters. The monoisotopic (exact) mass is 368 g/mol. The van der Waals surface area contributed by atoms with Gasteiger partial charge in [-0.3, -0.25) is 14.6 Å². The minimum Gasteiger partial charge on any atom is -0.384 e. The van der Waals surface area contributed by atoms with E-state index in [-0.39, 0.29) is 11.6 Å². The lowest BCUT2D eigenvalue weighted by atomic mass is 10.1. The highest BCUT2D eigenvalue weighted by Crippen LogP contribution is 2.27. The number of nitrogens with zero attached hydrogens (tertiary/aromatic N) is 2. The number of piperazine rings is 1. The van der Waals surface area contributed by atoms with E-state index < -0.39 is 5.82 Å². The van der Waals surface area contributed by atoms with Crippen LogP contribution in [-0.2, 0) is 17.8 Å². The maximum atomic E-state index is 13.6. The highest BCUT2D eigenvalue weighted by atomic mass is 19.1. The van der Waals surface area contributed by atoms with Gasteiger partial charge in [0.25, 0.3) is 0 Å². The topological polar surface area (TPSA) is 47.6 Å². The van der Waals surface area contributed by atoms with Gasteiger partial charge >= 0.3 is 0 Å². The van der Waals surface area contributed by atoms with Crippen LogP contribution in [0, 0.1) is 5.82 Å². The smallest absolute Gasteiger partial charge is 0.238 e. The first-order chi connectivity index (χ1) is 13.2. The van der Waals surface area contributed by atoms with Crippen LogP contribution in [0.2, 0.25) is 0 Å². The molecule has 2 heterocycles. The molecule has 0 aliphatic carbocycles. The zero-order valence-corrected chi connectivity index (χ0v) is 15.4. The summed E-state index contributed by atoms with van der Waals surface area (Å²) < 4.78 is 13.6. The van der Waals surface area contributed by atoms with Crippen LogP contribution in [0.5, 0.6) is 0 Å². The second kappa shape index (κ2) is 8.06. The summed E-state index contributed by atoms with van der Waals surface area (Å²) in [4.78, 5) is 16.7. The lowest BCUT2D eigenvalue weighted by Gasteiger charge is -2.34. The zero-order valence-electron chi connectivity index (χ0n) is 15.4. The Morgan fingerprint density at radius 1 is 1.04 bits per heavy atom. The molecule has 1 amide bonds. The fraction of sp³-hybridized carbons (Fsp3) is 0.381. The number of anilines is 2.